The minimum absolute atomic E-state index is 0.187. The van der Waals surface area contributed by atoms with Crippen LogP contribution in [0.15, 0.2) is 61.1 Å². The zero-order valence-electron chi connectivity index (χ0n) is 14.0. The van der Waals surface area contributed by atoms with Crippen LogP contribution in [0.1, 0.15) is 15.9 Å². The SMILES string of the molecule is O=C(Nc1cccnc1-n1cccn1)c1ccc(COCC(F)(F)F)cc1. The van der Waals surface area contributed by atoms with Crippen molar-refractivity contribution in [1.82, 2.24) is 14.8 Å². The quantitative estimate of drug-likeness (QED) is 0.714. The van der Waals surface area contributed by atoms with Gasteiger partial charge in [0.15, 0.2) is 5.82 Å². The summed E-state index contributed by atoms with van der Waals surface area (Å²) >= 11 is 0. The molecule has 6 nitrogen and oxygen atoms in total. The molecule has 140 valence electrons. The summed E-state index contributed by atoms with van der Waals surface area (Å²) in [7, 11) is 0. The minimum Gasteiger partial charge on any atom is -0.367 e. The van der Waals surface area contributed by atoms with Gasteiger partial charge in [-0.2, -0.15) is 18.3 Å². The van der Waals surface area contributed by atoms with E-state index in [0.717, 1.165) is 0 Å². The Morgan fingerprint density at radius 2 is 1.89 bits per heavy atom. The lowest BCUT2D eigenvalue weighted by molar-refractivity contribution is -0.176. The number of hydrogen-bond donors (Lipinski definition) is 1. The summed E-state index contributed by atoms with van der Waals surface area (Å²) in [6.45, 7) is -1.50. The van der Waals surface area contributed by atoms with Gasteiger partial charge in [-0.1, -0.05) is 12.1 Å². The third-order valence-corrected chi connectivity index (χ3v) is 3.51. The van der Waals surface area contributed by atoms with Gasteiger partial charge in [0, 0.05) is 24.2 Å². The monoisotopic (exact) mass is 376 g/mol. The summed E-state index contributed by atoms with van der Waals surface area (Å²) in [5.74, 6) is 0.0900. The molecule has 0 aliphatic rings. The van der Waals surface area contributed by atoms with Gasteiger partial charge in [0.05, 0.1) is 12.3 Å². The van der Waals surface area contributed by atoms with Gasteiger partial charge in [-0.15, -0.1) is 0 Å². The van der Waals surface area contributed by atoms with E-state index in [1.54, 1.807) is 48.9 Å². The van der Waals surface area contributed by atoms with Crippen LogP contribution in [0.3, 0.4) is 0 Å². The number of benzene rings is 1. The second kappa shape index (κ2) is 8.00. The Bertz CT molecular complexity index is 894. The number of anilines is 1. The maximum atomic E-state index is 12.4. The number of carbonyl (C=O) groups is 1. The highest BCUT2D eigenvalue weighted by molar-refractivity contribution is 6.05. The molecule has 1 N–H and O–H groups in total. The van der Waals surface area contributed by atoms with Gasteiger partial charge < -0.3 is 10.1 Å². The molecule has 3 rings (SSSR count). The van der Waals surface area contributed by atoms with Crippen LogP contribution in [0.2, 0.25) is 0 Å². The molecule has 1 amide bonds. The van der Waals surface area contributed by atoms with Crippen LogP contribution in [0, 0.1) is 0 Å². The molecule has 0 spiro atoms. The second-order valence-corrected chi connectivity index (χ2v) is 5.58. The zero-order valence-corrected chi connectivity index (χ0v) is 14.0. The van der Waals surface area contributed by atoms with Gasteiger partial charge in [-0.25, -0.2) is 9.67 Å². The maximum absolute atomic E-state index is 12.4. The molecular weight excluding hydrogens is 361 g/mol. The molecule has 0 aliphatic carbocycles. The van der Waals surface area contributed by atoms with Crippen molar-refractivity contribution in [1.29, 1.82) is 0 Å². The van der Waals surface area contributed by atoms with Crippen molar-refractivity contribution in [3.05, 3.63) is 72.2 Å². The maximum Gasteiger partial charge on any atom is 0.411 e. The number of amides is 1. The van der Waals surface area contributed by atoms with Crippen LogP contribution < -0.4 is 5.32 Å². The highest BCUT2D eigenvalue weighted by Crippen LogP contribution is 2.18. The van der Waals surface area contributed by atoms with Crippen LogP contribution in [-0.2, 0) is 11.3 Å². The first kappa shape index (κ1) is 18.6. The summed E-state index contributed by atoms with van der Waals surface area (Å²) in [5, 5.41) is 6.85. The van der Waals surface area contributed by atoms with Crippen LogP contribution >= 0.6 is 0 Å². The molecule has 3 aromatic rings. The predicted molar refractivity (Wildman–Crippen MR) is 91.5 cm³/mol. The molecule has 0 atom stereocenters. The van der Waals surface area contributed by atoms with Crippen LogP contribution in [0.4, 0.5) is 18.9 Å². The Kier molecular flexibility index (Phi) is 5.51. The Morgan fingerprint density at radius 3 is 2.56 bits per heavy atom. The van der Waals surface area contributed by atoms with Gasteiger partial charge in [0.2, 0.25) is 0 Å². The topological polar surface area (TPSA) is 69.0 Å². The highest BCUT2D eigenvalue weighted by atomic mass is 19.4. The fourth-order valence-corrected chi connectivity index (χ4v) is 2.30. The number of aromatic nitrogens is 3. The highest BCUT2D eigenvalue weighted by Gasteiger charge is 2.27. The molecular formula is C18H15F3N4O2. The van der Waals surface area contributed by atoms with Crippen molar-refractivity contribution in [2.24, 2.45) is 0 Å². The van der Waals surface area contributed by atoms with E-state index in [0.29, 0.717) is 22.6 Å². The first-order valence-electron chi connectivity index (χ1n) is 7.92. The second-order valence-electron chi connectivity index (χ2n) is 5.58. The Morgan fingerprint density at radius 1 is 1.11 bits per heavy atom. The van der Waals surface area contributed by atoms with E-state index in [2.05, 4.69) is 20.1 Å². The van der Waals surface area contributed by atoms with Crippen molar-refractivity contribution in [3.8, 4) is 5.82 Å². The van der Waals surface area contributed by atoms with Crippen molar-refractivity contribution in [2.45, 2.75) is 12.8 Å². The number of rotatable bonds is 6. The van der Waals surface area contributed by atoms with E-state index >= 15 is 0 Å². The lowest BCUT2D eigenvalue weighted by Crippen LogP contribution is -2.17. The number of pyridine rings is 1. The van der Waals surface area contributed by atoms with Gasteiger partial charge in [-0.3, -0.25) is 4.79 Å². The molecule has 0 aliphatic heterocycles. The van der Waals surface area contributed by atoms with Gasteiger partial charge in [0.1, 0.15) is 6.61 Å². The molecule has 0 fully saturated rings. The van der Waals surface area contributed by atoms with E-state index in [-0.39, 0.29) is 12.5 Å². The average Bonchev–Trinajstić information content (AvgIpc) is 3.16. The minimum atomic E-state index is -4.37. The summed E-state index contributed by atoms with van der Waals surface area (Å²) in [4.78, 5) is 16.7. The summed E-state index contributed by atoms with van der Waals surface area (Å²) in [5.41, 5.74) is 1.36. The largest absolute Gasteiger partial charge is 0.411 e. The standard InChI is InChI=1S/C18H15F3N4O2/c19-18(20,21)12-27-11-13-4-6-14(7-5-13)17(26)24-15-3-1-8-22-16(15)25-10-2-9-23-25/h1-10H,11-12H2,(H,24,26). The fourth-order valence-electron chi connectivity index (χ4n) is 2.30. The first-order chi connectivity index (χ1) is 12.9. The molecule has 0 saturated heterocycles. The number of ether oxygens (including phenoxy) is 1. The van der Waals surface area contributed by atoms with Gasteiger partial charge in [0.25, 0.3) is 5.91 Å². The number of nitrogens with one attached hydrogen (secondary N) is 1. The average molecular weight is 376 g/mol. The molecule has 1 aromatic carbocycles. The summed E-state index contributed by atoms with van der Waals surface area (Å²) in [6, 6.07) is 11.2. The molecule has 27 heavy (non-hydrogen) atoms. The van der Waals surface area contributed by atoms with E-state index in [4.69, 9.17) is 0 Å². The third kappa shape index (κ3) is 5.14. The summed E-state index contributed by atoms with van der Waals surface area (Å²) in [6.07, 6.45) is 0.520. The van der Waals surface area contributed by atoms with E-state index < -0.39 is 12.8 Å². The smallest absolute Gasteiger partial charge is 0.367 e. The fraction of sp³-hybridized carbons (Fsp3) is 0.167. The van der Waals surface area contributed by atoms with Crippen LogP contribution in [0.25, 0.3) is 5.82 Å². The molecule has 0 unspecified atom stereocenters. The number of nitrogens with zero attached hydrogens (tertiary/aromatic N) is 3. The van der Waals surface area contributed by atoms with E-state index in [1.807, 2.05) is 0 Å². The molecule has 2 aromatic heterocycles. The summed E-state index contributed by atoms with van der Waals surface area (Å²) < 4.78 is 42.4. The zero-order chi connectivity index (χ0) is 19.3. The van der Waals surface area contributed by atoms with Crippen molar-refractivity contribution in [3.63, 3.8) is 0 Å². The van der Waals surface area contributed by atoms with Crippen molar-refractivity contribution >= 4 is 11.6 Å². The number of halogens is 3. The Labute approximate surface area is 152 Å². The Hall–Kier alpha value is -3.20. The number of carbonyl (C=O) groups excluding carboxylic acids is 1. The Balaban J connectivity index is 1.65. The van der Waals surface area contributed by atoms with E-state index in [1.165, 1.54) is 16.8 Å². The first-order valence-corrected chi connectivity index (χ1v) is 7.92. The van der Waals surface area contributed by atoms with Gasteiger partial charge in [-0.05, 0) is 35.9 Å². The lowest BCUT2D eigenvalue weighted by atomic mass is 10.1. The third-order valence-electron chi connectivity index (χ3n) is 3.51. The van der Waals surface area contributed by atoms with Crippen LogP contribution in [0.5, 0.6) is 0 Å². The number of hydrogen-bond acceptors (Lipinski definition) is 4. The molecule has 0 radical (unpaired) electrons. The number of alkyl halides is 3. The van der Waals surface area contributed by atoms with Gasteiger partial charge >= 0.3 is 6.18 Å². The molecule has 9 heteroatoms. The molecule has 0 saturated carbocycles. The van der Waals surface area contributed by atoms with Crippen LogP contribution in [-0.4, -0.2) is 33.5 Å². The predicted octanol–water partition coefficient (Wildman–Crippen LogP) is 3.60. The molecule has 2 heterocycles. The normalized spacial score (nSPS) is 11.4. The molecule has 0 bridgehead atoms. The van der Waals surface area contributed by atoms with Crippen molar-refractivity contribution in [2.75, 3.05) is 11.9 Å². The van der Waals surface area contributed by atoms with E-state index in [9.17, 15) is 18.0 Å². The lowest BCUT2D eigenvalue weighted by Gasteiger charge is -2.11. The van der Waals surface area contributed by atoms with Crippen molar-refractivity contribution < 1.29 is 22.7 Å².